The third-order valence-electron chi connectivity index (χ3n) is 2.84. The Hall–Kier alpha value is -0.890. The van der Waals surface area contributed by atoms with Gasteiger partial charge in [-0.15, -0.1) is 11.8 Å². The van der Waals surface area contributed by atoms with Crippen molar-refractivity contribution in [1.82, 2.24) is 0 Å². The molecule has 0 heterocycles. The number of allylic oxidation sites excluding steroid dienone is 1. The molecule has 2 rings (SSSR count). The van der Waals surface area contributed by atoms with Crippen LogP contribution in [0.4, 0.5) is 0 Å². The molecule has 1 aliphatic carbocycles. The number of methoxy groups -OCH3 is 1. The minimum Gasteiger partial charge on any atom is -0.500 e. The number of ether oxygens (including phenoxy) is 1. The fraction of sp³-hybridized carbons (Fsp3) is 0.429. The maximum Gasteiger partial charge on any atom is 0.105 e. The van der Waals surface area contributed by atoms with Gasteiger partial charge in [0.15, 0.2) is 0 Å². The van der Waals surface area contributed by atoms with Crippen LogP contribution in [0.3, 0.4) is 0 Å². The van der Waals surface area contributed by atoms with Crippen molar-refractivity contribution >= 4 is 11.8 Å². The van der Waals surface area contributed by atoms with E-state index < -0.39 is 0 Å². The lowest BCUT2D eigenvalue weighted by Gasteiger charge is -2.17. The lowest BCUT2D eigenvalue weighted by Crippen LogP contribution is -2.07. The van der Waals surface area contributed by atoms with Gasteiger partial charge >= 0.3 is 0 Å². The monoisotopic (exact) mass is 234 g/mol. The van der Waals surface area contributed by atoms with Crippen LogP contribution in [0.5, 0.6) is 0 Å². The summed E-state index contributed by atoms with van der Waals surface area (Å²) in [6, 6.07) is 10.6. The van der Waals surface area contributed by atoms with E-state index in [-0.39, 0.29) is 0 Å². The van der Waals surface area contributed by atoms with E-state index in [0.717, 1.165) is 12.2 Å². The van der Waals surface area contributed by atoms with E-state index in [9.17, 15) is 0 Å². The van der Waals surface area contributed by atoms with E-state index in [1.54, 1.807) is 7.11 Å². The van der Waals surface area contributed by atoms with Gasteiger partial charge in [0.05, 0.1) is 12.4 Å². The van der Waals surface area contributed by atoms with Crippen molar-refractivity contribution in [2.24, 2.45) is 0 Å². The highest BCUT2D eigenvalue weighted by Gasteiger charge is 2.18. The smallest absolute Gasteiger partial charge is 0.105 e. The molecule has 1 unspecified atom stereocenters. The second-order valence-corrected chi connectivity index (χ2v) is 5.29. The van der Waals surface area contributed by atoms with Gasteiger partial charge in [0.2, 0.25) is 0 Å². The van der Waals surface area contributed by atoms with Crippen molar-refractivity contribution in [2.75, 3.05) is 7.11 Å². The van der Waals surface area contributed by atoms with Gasteiger partial charge in [-0.25, -0.2) is 0 Å². The summed E-state index contributed by atoms with van der Waals surface area (Å²) < 4.78 is 5.50. The van der Waals surface area contributed by atoms with Crippen LogP contribution in [0.15, 0.2) is 47.1 Å². The molecule has 1 nitrogen and oxygen atoms in total. The number of thioether (sulfide) groups is 1. The van der Waals surface area contributed by atoms with Gasteiger partial charge in [-0.2, -0.15) is 0 Å². The molecule has 1 aromatic rings. The molecule has 0 radical (unpaired) electrons. The molecule has 0 saturated heterocycles. The number of benzene rings is 1. The number of hydrogen-bond donors (Lipinski definition) is 0. The SMILES string of the molecule is COC1=CCCCCC1Sc1ccccc1. The van der Waals surface area contributed by atoms with Crippen LogP contribution in [0.2, 0.25) is 0 Å². The number of rotatable bonds is 3. The van der Waals surface area contributed by atoms with E-state index in [2.05, 4.69) is 36.4 Å². The Morgan fingerprint density at radius 2 is 2.00 bits per heavy atom. The lowest BCUT2D eigenvalue weighted by molar-refractivity contribution is 0.278. The highest BCUT2D eigenvalue weighted by Crippen LogP contribution is 2.33. The summed E-state index contributed by atoms with van der Waals surface area (Å²) in [5, 5.41) is 0.495. The average molecular weight is 234 g/mol. The van der Waals surface area contributed by atoms with Gasteiger partial charge in [0.1, 0.15) is 5.76 Å². The maximum atomic E-state index is 5.50. The van der Waals surface area contributed by atoms with Crippen LogP contribution in [0, 0.1) is 0 Å². The molecular weight excluding hydrogens is 216 g/mol. The molecule has 86 valence electrons. The van der Waals surface area contributed by atoms with Crippen LogP contribution in [0.1, 0.15) is 25.7 Å². The first-order chi connectivity index (χ1) is 7.90. The van der Waals surface area contributed by atoms with Gasteiger partial charge in [-0.3, -0.25) is 0 Å². The highest BCUT2D eigenvalue weighted by molar-refractivity contribution is 8.00. The van der Waals surface area contributed by atoms with E-state index in [4.69, 9.17) is 4.74 Å². The summed E-state index contributed by atoms with van der Waals surface area (Å²) in [7, 11) is 1.79. The molecule has 0 fully saturated rings. The minimum atomic E-state index is 0.495. The van der Waals surface area contributed by atoms with Gasteiger partial charge in [-0.05, 0) is 37.5 Å². The molecule has 0 aromatic heterocycles. The first kappa shape index (κ1) is 11.6. The Bertz CT molecular complexity index is 345. The topological polar surface area (TPSA) is 9.23 Å². The Balaban J connectivity index is 2.07. The zero-order chi connectivity index (χ0) is 11.2. The molecule has 0 aliphatic heterocycles. The standard InChI is InChI=1S/C14H18OS/c1-15-13-10-6-3-7-11-14(13)16-12-8-4-2-5-9-12/h2,4-5,8-10,14H,3,6-7,11H2,1H3. The first-order valence-corrected chi connectivity index (χ1v) is 6.74. The Labute approximate surface area is 102 Å². The lowest BCUT2D eigenvalue weighted by atomic mass is 10.2. The molecule has 0 N–H and O–H groups in total. The normalized spacial score (nSPS) is 21.1. The van der Waals surface area contributed by atoms with Crippen LogP contribution >= 0.6 is 11.8 Å². The van der Waals surface area contributed by atoms with Crippen molar-refractivity contribution < 1.29 is 4.74 Å². The Morgan fingerprint density at radius 3 is 2.75 bits per heavy atom. The van der Waals surface area contributed by atoms with Gasteiger partial charge in [0, 0.05) is 4.90 Å². The molecule has 0 amide bonds. The third kappa shape index (κ3) is 3.05. The molecular formula is C14H18OS. The molecule has 2 heteroatoms. The second-order valence-electron chi connectivity index (χ2n) is 4.01. The van der Waals surface area contributed by atoms with Crippen LogP contribution < -0.4 is 0 Å². The minimum absolute atomic E-state index is 0.495. The maximum absolute atomic E-state index is 5.50. The van der Waals surface area contributed by atoms with Crippen molar-refractivity contribution in [2.45, 2.75) is 35.8 Å². The zero-order valence-electron chi connectivity index (χ0n) is 9.69. The summed E-state index contributed by atoms with van der Waals surface area (Å²) in [6.07, 6.45) is 7.23. The summed E-state index contributed by atoms with van der Waals surface area (Å²) in [5.74, 6) is 1.16. The zero-order valence-corrected chi connectivity index (χ0v) is 10.5. The molecule has 0 bridgehead atoms. The third-order valence-corrected chi connectivity index (χ3v) is 4.14. The predicted molar refractivity (Wildman–Crippen MR) is 69.6 cm³/mol. The Kier molecular flexibility index (Phi) is 4.34. The highest BCUT2D eigenvalue weighted by atomic mass is 32.2. The second kappa shape index (κ2) is 6.00. The first-order valence-electron chi connectivity index (χ1n) is 5.86. The van der Waals surface area contributed by atoms with E-state index >= 15 is 0 Å². The van der Waals surface area contributed by atoms with Crippen molar-refractivity contribution in [3.05, 3.63) is 42.2 Å². The predicted octanol–water partition coefficient (Wildman–Crippen LogP) is 4.25. The fourth-order valence-electron chi connectivity index (χ4n) is 1.99. The summed E-state index contributed by atoms with van der Waals surface area (Å²) in [5.41, 5.74) is 0. The van der Waals surface area contributed by atoms with Gasteiger partial charge in [0.25, 0.3) is 0 Å². The Morgan fingerprint density at radius 1 is 1.19 bits per heavy atom. The van der Waals surface area contributed by atoms with Crippen LogP contribution in [-0.4, -0.2) is 12.4 Å². The van der Waals surface area contributed by atoms with Gasteiger partial charge in [-0.1, -0.05) is 24.6 Å². The summed E-state index contributed by atoms with van der Waals surface area (Å²) in [6.45, 7) is 0. The summed E-state index contributed by atoms with van der Waals surface area (Å²) in [4.78, 5) is 1.33. The van der Waals surface area contributed by atoms with Crippen LogP contribution in [-0.2, 0) is 4.74 Å². The molecule has 16 heavy (non-hydrogen) atoms. The van der Waals surface area contributed by atoms with Gasteiger partial charge < -0.3 is 4.74 Å². The molecule has 1 atom stereocenters. The molecule has 0 spiro atoms. The quantitative estimate of drug-likeness (QED) is 0.773. The van der Waals surface area contributed by atoms with E-state index in [0.29, 0.717) is 5.25 Å². The van der Waals surface area contributed by atoms with Crippen LogP contribution in [0.25, 0.3) is 0 Å². The summed E-state index contributed by atoms with van der Waals surface area (Å²) >= 11 is 1.92. The van der Waals surface area contributed by atoms with E-state index in [1.807, 2.05) is 11.8 Å². The molecule has 0 saturated carbocycles. The molecule has 1 aromatic carbocycles. The molecule has 1 aliphatic rings. The average Bonchev–Trinajstić information content (AvgIpc) is 2.55. The van der Waals surface area contributed by atoms with Crippen molar-refractivity contribution in [1.29, 1.82) is 0 Å². The largest absolute Gasteiger partial charge is 0.500 e. The fourth-order valence-corrected chi connectivity index (χ4v) is 3.22. The number of hydrogen-bond acceptors (Lipinski definition) is 2. The van der Waals surface area contributed by atoms with Crippen molar-refractivity contribution in [3.8, 4) is 0 Å². The van der Waals surface area contributed by atoms with Crippen molar-refractivity contribution in [3.63, 3.8) is 0 Å². The van der Waals surface area contributed by atoms with E-state index in [1.165, 1.54) is 24.2 Å².